The number of ether oxygens (including phenoxy) is 1. The van der Waals surface area contributed by atoms with Gasteiger partial charge in [0.15, 0.2) is 0 Å². The Morgan fingerprint density at radius 1 is 1.32 bits per heavy atom. The molecule has 2 aliphatic rings. The molecule has 3 atom stereocenters. The van der Waals surface area contributed by atoms with E-state index in [9.17, 15) is 13.2 Å². The van der Waals surface area contributed by atoms with Crippen LogP contribution in [0.4, 0.5) is 0 Å². The Morgan fingerprint density at radius 2 is 2.05 bits per heavy atom. The van der Waals surface area contributed by atoms with E-state index in [2.05, 4.69) is 5.32 Å². The van der Waals surface area contributed by atoms with Gasteiger partial charge in [0.25, 0.3) is 0 Å². The fourth-order valence-corrected chi connectivity index (χ4v) is 4.73. The normalized spacial score (nSPS) is 28.5. The molecule has 6 nitrogen and oxygen atoms in total. The Balaban J connectivity index is 1.65. The highest BCUT2D eigenvalue weighted by Crippen LogP contribution is 2.36. The molecule has 0 unspecified atom stereocenters. The molecular formula is C15H20N2O4S. The zero-order chi connectivity index (χ0) is 15.7. The lowest BCUT2D eigenvalue weighted by atomic mass is 10.0. The predicted molar refractivity (Wildman–Crippen MR) is 80.7 cm³/mol. The third-order valence-electron chi connectivity index (χ3n) is 4.35. The summed E-state index contributed by atoms with van der Waals surface area (Å²) in [6.07, 6.45) is 0.873. The SMILES string of the molecule is CNC(=O)C[C@@H]1C[C@H]2CN(S(=O)(=O)c3ccccc3)C[C@H]2O1. The summed E-state index contributed by atoms with van der Waals surface area (Å²) >= 11 is 0. The molecule has 2 fully saturated rings. The van der Waals surface area contributed by atoms with Crippen molar-refractivity contribution in [2.75, 3.05) is 20.1 Å². The molecule has 1 N–H and O–H groups in total. The Kier molecular flexibility index (Phi) is 4.20. The highest BCUT2D eigenvalue weighted by atomic mass is 32.2. The second-order valence-electron chi connectivity index (χ2n) is 5.80. The van der Waals surface area contributed by atoms with Crippen molar-refractivity contribution in [1.29, 1.82) is 0 Å². The Morgan fingerprint density at radius 3 is 2.68 bits per heavy atom. The van der Waals surface area contributed by atoms with Crippen LogP contribution in [0.5, 0.6) is 0 Å². The van der Waals surface area contributed by atoms with Gasteiger partial charge in [0, 0.05) is 26.1 Å². The third kappa shape index (κ3) is 2.88. The average molecular weight is 324 g/mol. The van der Waals surface area contributed by atoms with E-state index in [-0.39, 0.29) is 24.0 Å². The smallest absolute Gasteiger partial charge is 0.243 e. The lowest BCUT2D eigenvalue weighted by Gasteiger charge is -2.19. The monoisotopic (exact) mass is 324 g/mol. The molecule has 120 valence electrons. The summed E-state index contributed by atoms with van der Waals surface area (Å²) in [5.41, 5.74) is 0. The van der Waals surface area contributed by atoms with Crippen molar-refractivity contribution in [2.24, 2.45) is 5.92 Å². The van der Waals surface area contributed by atoms with Crippen LogP contribution in [0.15, 0.2) is 35.2 Å². The molecule has 2 saturated heterocycles. The van der Waals surface area contributed by atoms with Gasteiger partial charge < -0.3 is 10.1 Å². The van der Waals surface area contributed by atoms with Gasteiger partial charge in [0.1, 0.15) is 0 Å². The van der Waals surface area contributed by atoms with Crippen LogP contribution in [0.25, 0.3) is 0 Å². The van der Waals surface area contributed by atoms with Gasteiger partial charge in [0.2, 0.25) is 15.9 Å². The van der Waals surface area contributed by atoms with Crippen molar-refractivity contribution < 1.29 is 17.9 Å². The number of carbonyl (C=O) groups is 1. The van der Waals surface area contributed by atoms with E-state index < -0.39 is 10.0 Å². The maximum Gasteiger partial charge on any atom is 0.243 e. The molecule has 0 radical (unpaired) electrons. The lowest BCUT2D eigenvalue weighted by molar-refractivity contribution is -0.123. The van der Waals surface area contributed by atoms with E-state index in [0.29, 0.717) is 24.4 Å². The number of hydrogen-bond donors (Lipinski definition) is 1. The first-order valence-corrected chi connectivity index (χ1v) is 8.86. The molecule has 2 aliphatic heterocycles. The van der Waals surface area contributed by atoms with Crippen LogP contribution >= 0.6 is 0 Å². The standard InChI is InChI=1S/C15H20N2O4S/c1-16-15(18)8-12-7-11-9-17(10-14(11)21-12)22(19,20)13-5-3-2-4-6-13/h2-6,11-12,14H,7-10H2,1H3,(H,16,18)/t11-,12-,14+/m0/s1. The highest BCUT2D eigenvalue weighted by molar-refractivity contribution is 7.89. The molecular weight excluding hydrogens is 304 g/mol. The van der Waals surface area contributed by atoms with E-state index in [4.69, 9.17) is 4.74 Å². The quantitative estimate of drug-likeness (QED) is 0.880. The molecule has 22 heavy (non-hydrogen) atoms. The largest absolute Gasteiger partial charge is 0.373 e. The number of carbonyl (C=O) groups excluding carboxylic acids is 1. The van der Waals surface area contributed by atoms with Gasteiger partial charge in [-0.3, -0.25) is 4.79 Å². The zero-order valence-electron chi connectivity index (χ0n) is 12.4. The number of sulfonamides is 1. The number of nitrogens with one attached hydrogen (secondary N) is 1. The summed E-state index contributed by atoms with van der Waals surface area (Å²) in [6.45, 7) is 0.832. The molecule has 2 heterocycles. The molecule has 3 rings (SSSR count). The Bertz CT molecular complexity index is 633. The van der Waals surface area contributed by atoms with Crippen LogP contribution in [0.2, 0.25) is 0 Å². The van der Waals surface area contributed by atoms with Crippen LogP contribution < -0.4 is 5.32 Å². The van der Waals surface area contributed by atoms with E-state index >= 15 is 0 Å². The second-order valence-corrected chi connectivity index (χ2v) is 7.74. The first-order chi connectivity index (χ1) is 10.5. The maximum absolute atomic E-state index is 12.6. The van der Waals surface area contributed by atoms with Crippen molar-refractivity contribution in [2.45, 2.75) is 29.9 Å². The van der Waals surface area contributed by atoms with Gasteiger partial charge in [-0.1, -0.05) is 18.2 Å². The number of amides is 1. The number of hydrogen-bond acceptors (Lipinski definition) is 4. The molecule has 0 bridgehead atoms. The first kappa shape index (κ1) is 15.5. The first-order valence-electron chi connectivity index (χ1n) is 7.42. The van der Waals surface area contributed by atoms with Crippen molar-refractivity contribution in [3.05, 3.63) is 30.3 Å². The van der Waals surface area contributed by atoms with Crippen molar-refractivity contribution >= 4 is 15.9 Å². The minimum absolute atomic E-state index is 0.0428. The molecule has 1 amide bonds. The van der Waals surface area contributed by atoms with Crippen molar-refractivity contribution in [1.82, 2.24) is 9.62 Å². The third-order valence-corrected chi connectivity index (χ3v) is 6.20. The second kappa shape index (κ2) is 5.98. The van der Waals surface area contributed by atoms with Crippen molar-refractivity contribution in [3.63, 3.8) is 0 Å². The molecule has 1 aromatic carbocycles. The van der Waals surface area contributed by atoms with Gasteiger partial charge in [-0.05, 0) is 18.6 Å². The Labute approximate surface area is 130 Å². The summed E-state index contributed by atoms with van der Waals surface area (Å²) in [4.78, 5) is 11.7. The number of fused-ring (bicyclic) bond motifs is 1. The number of benzene rings is 1. The summed E-state index contributed by atoms with van der Waals surface area (Å²) in [5, 5.41) is 2.59. The predicted octanol–water partition coefficient (Wildman–Crippen LogP) is 0.601. The molecule has 7 heteroatoms. The summed E-state index contributed by atoms with van der Waals surface area (Å²) in [7, 11) is -1.85. The fourth-order valence-electron chi connectivity index (χ4n) is 3.20. The van der Waals surface area contributed by atoms with E-state index in [1.54, 1.807) is 37.4 Å². The number of rotatable bonds is 4. The summed E-state index contributed by atoms with van der Waals surface area (Å²) in [6, 6.07) is 8.46. The van der Waals surface area contributed by atoms with Gasteiger partial charge in [-0.15, -0.1) is 0 Å². The molecule has 0 aliphatic carbocycles. The molecule has 0 spiro atoms. The maximum atomic E-state index is 12.6. The highest BCUT2D eigenvalue weighted by Gasteiger charge is 2.46. The van der Waals surface area contributed by atoms with E-state index in [1.165, 1.54) is 4.31 Å². The van der Waals surface area contributed by atoms with Gasteiger partial charge in [0.05, 0.1) is 23.5 Å². The molecule has 0 aromatic heterocycles. The van der Waals surface area contributed by atoms with Gasteiger partial charge in [-0.25, -0.2) is 8.42 Å². The topological polar surface area (TPSA) is 75.7 Å². The summed E-state index contributed by atoms with van der Waals surface area (Å²) in [5.74, 6) is 0.131. The fraction of sp³-hybridized carbons (Fsp3) is 0.533. The minimum atomic E-state index is -3.45. The van der Waals surface area contributed by atoms with Crippen LogP contribution in [-0.2, 0) is 19.6 Å². The number of nitrogens with zero attached hydrogens (tertiary/aromatic N) is 1. The Hall–Kier alpha value is -1.44. The molecule has 1 aromatic rings. The van der Waals surface area contributed by atoms with Crippen molar-refractivity contribution in [3.8, 4) is 0 Å². The van der Waals surface area contributed by atoms with Gasteiger partial charge in [-0.2, -0.15) is 4.31 Å². The average Bonchev–Trinajstić information content (AvgIpc) is 3.06. The van der Waals surface area contributed by atoms with Gasteiger partial charge >= 0.3 is 0 Å². The molecule has 0 saturated carbocycles. The van der Waals surface area contributed by atoms with E-state index in [0.717, 1.165) is 6.42 Å². The van der Waals surface area contributed by atoms with Crippen LogP contribution in [0.3, 0.4) is 0 Å². The zero-order valence-corrected chi connectivity index (χ0v) is 13.3. The van der Waals surface area contributed by atoms with Crippen LogP contribution in [-0.4, -0.2) is 51.0 Å². The van der Waals surface area contributed by atoms with Crippen LogP contribution in [0.1, 0.15) is 12.8 Å². The van der Waals surface area contributed by atoms with E-state index in [1.807, 2.05) is 0 Å². The summed E-state index contributed by atoms with van der Waals surface area (Å²) < 4.78 is 32.5. The van der Waals surface area contributed by atoms with Crippen LogP contribution in [0, 0.1) is 5.92 Å². The lowest BCUT2D eigenvalue weighted by Crippen LogP contribution is -2.32. The minimum Gasteiger partial charge on any atom is -0.373 e.